The molecule has 0 aliphatic carbocycles. The molecular formula is C15H18N4. The van der Waals surface area contributed by atoms with E-state index < -0.39 is 0 Å². The van der Waals surface area contributed by atoms with Crippen molar-refractivity contribution in [2.75, 3.05) is 11.9 Å². The molecule has 0 saturated carbocycles. The second kappa shape index (κ2) is 4.88. The van der Waals surface area contributed by atoms with Crippen LogP contribution in [0.1, 0.15) is 25.5 Å². The van der Waals surface area contributed by atoms with Crippen molar-refractivity contribution in [1.82, 2.24) is 14.6 Å². The van der Waals surface area contributed by atoms with E-state index in [1.165, 1.54) is 6.42 Å². The molecule has 3 aromatic rings. The molecule has 1 aromatic carbocycles. The molecule has 0 radical (unpaired) electrons. The van der Waals surface area contributed by atoms with Crippen LogP contribution in [0.5, 0.6) is 0 Å². The van der Waals surface area contributed by atoms with Crippen molar-refractivity contribution in [3.8, 4) is 0 Å². The van der Waals surface area contributed by atoms with Gasteiger partial charge in [-0.3, -0.25) is 0 Å². The smallest absolute Gasteiger partial charge is 0.158 e. The van der Waals surface area contributed by atoms with E-state index in [2.05, 4.69) is 34.5 Å². The largest absolute Gasteiger partial charge is 0.369 e. The summed E-state index contributed by atoms with van der Waals surface area (Å²) in [5.41, 5.74) is 2.98. The highest BCUT2D eigenvalue weighted by Crippen LogP contribution is 2.23. The molecule has 0 fully saturated rings. The second-order valence-electron chi connectivity index (χ2n) is 4.81. The minimum atomic E-state index is 0.898. The number of aryl methyl sites for hydroxylation is 1. The Morgan fingerprint density at radius 2 is 2.11 bits per heavy atom. The molecule has 2 aromatic heterocycles. The molecular weight excluding hydrogens is 236 g/mol. The first-order valence-corrected chi connectivity index (χ1v) is 6.78. The van der Waals surface area contributed by atoms with Gasteiger partial charge in [0.15, 0.2) is 5.65 Å². The summed E-state index contributed by atoms with van der Waals surface area (Å²) < 4.78 is 1.91. The van der Waals surface area contributed by atoms with E-state index in [4.69, 9.17) is 0 Å². The van der Waals surface area contributed by atoms with Gasteiger partial charge in [-0.25, -0.2) is 9.50 Å². The van der Waals surface area contributed by atoms with Gasteiger partial charge in [0.05, 0.1) is 11.2 Å². The molecule has 0 saturated heterocycles. The lowest BCUT2D eigenvalue weighted by atomic mass is 10.2. The van der Waals surface area contributed by atoms with Gasteiger partial charge >= 0.3 is 0 Å². The SMILES string of the molecule is CCCCNc1nc2cc(C)nn2c2ccccc12. The lowest BCUT2D eigenvalue weighted by molar-refractivity contribution is 0.831. The van der Waals surface area contributed by atoms with E-state index in [0.717, 1.165) is 41.0 Å². The van der Waals surface area contributed by atoms with Gasteiger partial charge < -0.3 is 5.32 Å². The summed E-state index contributed by atoms with van der Waals surface area (Å²) >= 11 is 0. The Balaban J connectivity index is 2.17. The van der Waals surface area contributed by atoms with Gasteiger partial charge in [0.1, 0.15) is 5.82 Å². The maximum absolute atomic E-state index is 4.69. The number of fused-ring (bicyclic) bond motifs is 3. The zero-order chi connectivity index (χ0) is 13.2. The van der Waals surface area contributed by atoms with Crippen LogP contribution in [-0.2, 0) is 0 Å². The van der Waals surface area contributed by atoms with Crippen LogP contribution in [0.15, 0.2) is 30.3 Å². The van der Waals surface area contributed by atoms with E-state index in [-0.39, 0.29) is 0 Å². The molecule has 3 rings (SSSR count). The van der Waals surface area contributed by atoms with Crippen LogP contribution in [-0.4, -0.2) is 21.1 Å². The lowest BCUT2D eigenvalue weighted by Gasteiger charge is -2.09. The quantitative estimate of drug-likeness (QED) is 0.725. The van der Waals surface area contributed by atoms with E-state index in [9.17, 15) is 0 Å². The zero-order valence-corrected chi connectivity index (χ0v) is 11.3. The Labute approximate surface area is 112 Å². The summed E-state index contributed by atoms with van der Waals surface area (Å²) in [6, 6.07) is 10.3. The predicted octanol–water partition coefficient (Wildman–Crippen LogP) is 3.40. The number of nitrogens with one attached hydrogen (secondary N) is 1. The van der Waals surface area contributed by atoms with Crippen molar-refractivity contribution < 1.29 is 0 Å². The molecule has 2 heterocycles. The normalized spacial score (nSPS) is 11.3. The summed E-state index contributed by atoms with van der Waals surface area (Å²) in [6.45, 7) is 5.14. The molecule has 1 N–H and O–H groups in total. The molecule has 0 aliphatic heterocycles. The first kappa shape index (κ1) is 12.0. The highest BCUT2D eigenvalue weighted by molar-refractivity contribution is 5.91. The predicted molar refractivity (Wildman–Crippen MR) is 78.6 cm³/mol. The van der Waals surface area contributed by atoms with Crippen molar-refractivity contribution in [2.24, 2.45) is 0 Å². The topological polar surface area (TPSA) is 42.2 Å². The molecule has 0 unspecified atom stereocenters. The van der Waals surface area contributed by atoms with E-state index >= 15 is 0 Å². The minimum absolute atomic E-state index is 0.898. The molecule has 0 atom stereocenters. The molecule has 0 amide bonds. The van der Waals surface area contributed by atoms with Crippen molar-refractivity contribution in [2.45, 2.75) is 26.7 Å². The number of nitrogens with zero attached hydrogens (tertiary/aromatic N) is 3. The lowest BCUT2D eigenvalue weighted by Crippen LogP contribution is -2.05. The summed E-state index contributed by atoms with van der Waals surface area (Å²) in [7, 11) is 0. The number of hydrogen-bond donors (Lipinski definition) is 1. The zero-order valence-electron chi connectivity index (χ0n) is 11.3. The Morgan fingerprint density at radius 3 is 2.95 bits per heavy atom. The number of para-hydroxylation sites is 1. The standard InChI is InChI=1S/C15H18N4/c1-3-4-9-16-15-12-7-5-6-8-13(12)19-14(17-15)10-11(2)18-19/h5-8,10H,3-4,9H2,1-2H3,(H,16,17). The minimum Gasteiger partial charge on any atom is -0.369 e. The fourth-order valence-corrected chi connectivity index (χ4v) is 2.29. The van der Waals surface area contributed by atoms with Crippen LogP contribution in [0.4, 0.5) is 5.82 Å². The maximum atomic E-state index is 4.69. The third-order valence-electron chi connectivity index (χ3n) is 3.25. The van der Waals surface area contributed by atoms with Crippen LogP contribution < -0.4 is 5.32 Å². The summed E-state index contributed by atoms with van der Waals surface area (Å²) in [5.74, 6) is 0.955. The van der Waals surface area contributed by atoms with Gasteiger partial charge in [-0.15, -0.1) is 0 Å². The Kier molecular flexibility index (Phi) is 3.07. The van der Waals surface area contributed by atoms with Gasteiger partial charge in [-0.1, -0.05) is 25.5 Å². The highest BCUT2D eigenvalue weighted by atomic mass is 15.3. The Morgan fingerprint density at radius 1 is 1.26 bits per heavy atom. The summed E-state index contributed by atoms with van der Waals surface area (Å²) in [6.07, 6.45) is 2.33. The number of unbranched alkanes of at least 4 members (excludes halogenated alkanes) is 1. The van der Waals surface area contributed by atoms with Gasteiger partial charge in [0.25, 0.3) is 0 Å². The highest BCUT2D eigenvalue weighted by Gasteiger charge is 2.09. The fraction of sp³-hybridized carbons (Fsp3) is 0.333. The fourth-order valence-electron chi connectivity index (χ4n) is 2.29. The average molecular weight is 254 g/mol. The van der Waals surface area contributed by atoms with Crippen molar-refractivity contribution >= 4 is 22.4 Å². The van der Waals surface area contributed by atoms with Crippen molar-refractivity contribution in [3.63, 3.8) is 0 Å². The molecule has 19 heavy (non-hydrogen) atoms. The van der Waals surface area contributed by atoms with Crippen LogP contribution in [0.3, 0.4) is 0 Å². The third kappa shape index (κ3) is 2.14. The van der Waals surface area contributed by atoms with E-state index in [1.807, 2.05) is 29.6 Å². The number of benzene rings is 1. The molecule has 0 bridgehead atoms. The van der Waals surface area contributed by atoms with Crippen LogP contribution in [0, 0.1) is 6.92 Å². The Bertz CT molecular complexity index is 715. The number of hydrogen-bond acceptors (Lipinski definition) is 3. The number of anilines is 1. The third-order valence-corrected chi connectivity index (χ3v) is 3.25. The molecule has 98 valence electrons. The van der Waals surface area contributed by atoms with Crippen LogP contribution in [0.25, 0.3) is 16.6 Å². The average Bonchev–Trinajstić information content (AvgIpc) is 2.80. The van der Waals surface area contributed by atoms with Crippen LogP contribution >= 0.6 is 0 Å². The van der Waals surface area contributed by atoms with Gasteiger partial charge in [0.2, 0.25) is 0 Å². The summed E-state index contributed by atoms with van der Waals surface area (Å²) in [5, 5.41) is 9.06. The van der Waals surface area contributed by atoms with Crippen LogP contribution in [0.2, 0.25) is 0 Å². The molecule has 0 aliphatic rings. The number of rotatable bonds is 4. The van der Waals surface area contributed by atoms with Gasteiger partial charge in [-0.05, 0) is 25.5 Å². The molecule has 4 heteroatoms. The van der Waals surface area contributed by atoms with E-state index in [0.29, 0.717) is 0 Å². The van der Waals surface area contributed by atoms with E-state index in [1.54, 1.807) is 0 Å². The second-order valence-corrected chi connectivity index (χ2v) is 4.81. The maximum Gasteiger partial charge on any atom is 0.158 e. The van der Waals surface area contributed by atoms with Gasteiger partial charge in [-0.2, -0.15) is 5.10 Å². The molecule has 0 spiro atoms. The van der Waals surface area contributed by atoms with Gasteiger partial charge in [0, 0.05) is 18.0 Å². The number of aromatic nitrogens is 3. The van der Waals surface area contributed by atoms with Crippen molar-refractivity contribution in [3.05, 3.63) is 36.0 Å². The Hall–Kier alpha value is -2.10. The first-order valence-electron chi connectivity index (χ1n) is 6.78. The van der Waals surface area contributed by atoms with Crippen molar-refractivity contribution in [1.29, 1.82) is 0 Å². The molecule has 4 nitrogen and oxygen atoms in total. The first-order chi connectivity index (χ1) is 9.29. The summed E-state index contributed by atoms with van der Waals surface area (Å²) in [4.78, 5) is 4.69. The monoisotopic (exact) mass is 254 g/mol.